The predicted octanol–water partition coefficient (Wildman–Crippen LogP) is 1.83. The Morgan fingerprint density at radius 1 is 1.70 bits per heavy atom. The van der Waals surface area contributed by atoms with Gasteiger partial charge in [0.25, 0.3) is 0 Å². The summed E-state index contributed by atoms with van der Waals surface area (Å²) in [6.45, 7) is 0. The van der Waals surface area contributed by atoms with Gasteiger partial charge in [-0.3, -0.25) is 0 Å². The van der Waals surface area contributed by atoms with Crippen LogP contribution in [0.4, 0.5) is 0 Å². The van der Waals surface area contributed by atoms with Crippen molar-refractivity contribution in [1.29, 1.82) is 0 Å². The molecule has 0 unspecified atom stereocenters. The van der Waals surface area contributed by atoms with Crippen LogP contribution in [0.1, 0.15) is 5.82 Å². The van der Waals surface area contributed by atoms with Gasteiger partial charge >= 0.3 is 0 Å². The summed E-state index contributed by atoms with van der Waals surface area (Å²) in [5.41, 5.74) is 0. The topological polar surface area (TPSA) is 51.0 Å². The van der Waals surface area contributed by atoms with Gasteiger partial charge in [-0.05, 0) is 22.0 Å². The molecule has 1 heterocycles. The Kier molecular flexibility index (Phi) is 2.39. The Labute approximate surface area is 66.8 Å². The third kappa shape index (κ3) is 1.80. The summed E-state index contributed by atoms with van der Waals surface area (Å²) >= 11 is 3.20. The fourth-order valence-electron chi connectivity index (χ4n) is 0.532. The van der Waals surface area contributed by atoms with Crippen LogP contribution in [0.2, 0.25) is 0 Å². The summed E-state index contributed by atoms with van der Waals surface area (Å²) in [6, 6.07) is 0. The molecule has 1 N–H and O–H groups in total. The molecule has 0 saturated heterocycles. The van der Waals surface area contributed by atoms with Crippen molar-refractivity contribution in [1.82, 2.24) is 9.97 Å². The van der Waals surface area contributed by atoms with Gasteiger partial charge in [0.15, 0.2) is 0 Å². The number of rotatable bonds is 2. The summed E-state index contributed by atoms with van der Waals surface area (Å²) in [5, 5.41) is 8.27. The fraction of sp³-hybridized carbons (Fsp3) is 0. The third-order valence-corrected chi connectivity index (χ3v) is 1.31. The second kappa shape index (κ2) is 3.31. The number of hydrogen-bond acceptors (Lipinski definition) is 1. The van der Waals surface area contributed by atoms with E-state index in [2.05, 4.69) is 25.9 Å². The summed E-state index contributed by atoms with van der Waals surface area (Å²) in [4.78, 5) is 6.83. The van der Waals surface area contributed by atoms with Crippen LogP contribution >= 0.6 is 15.9 Å². The highest BCUT2D eigenvalue weighted by atomic mass is 79.9. The molecule has 0 spiro atoms. The number of nitrogens with one attached hydrogen (secondary N) is 1. The smallest absolute Gasteiger partial charge is 0.130 e. The largest absolute Gasteiger partial charge is 0.811 e. The molecule has 3 nitrogen and oxygen atoms in total. The highest BCUT2D eigenvalue weighted by Gasteiger charge is 1.89. The summed E-state index contributed by atoms with van der Waals surface area (Å²) in [7, 11) is 0. The lowest BCUT2D eigenvalue weighted by atomic mass is 10.5. The molecular weight excluding hydrogens is 194 g/mol. The molecule has 0 saturated carbocycles. The van der Waals surface area contributed by atoms with E-state index in [4.69, 9.17) is 5.41 Å². The molecule has 0 aliphatic carbocycles. The van der Waals surface area contributed by atoms with Gasteiger partial charge < -0.3 is 10.4 Å². The van der Waals surface area contributed by atoms with E-state index < -0.39 is 0 Å². The molecule has 52 valence electrons. The molecule has 0 amide bonds. The van der Waals surface area contributed by atoms with Crippen molar-refractivity contribution in [2.24, 2.45) is 0 Å². The van der Waals surface area contributed by atoms with Gasteiger partial charge in [0.1, 0.15) is 10.4 Å². The van der Waals surface area contributed by atoms with E-state index in [1.54, 1.807) is 12.3 Å². The maximum absolute atomic E-state index is 8.27. The number of aromatic amines is 1. The van der Waals surface area contributed by atoms with Crippen molar-refractivity contribution >= 4 is 28.2 Å². The van der Waals surface area contributed by atoms with Crippen molar-refractivity contribution in [3.05, 3.63) is 28.1 Å². The Hall–Kier alpha value is -0.900. The lowest BCUT2D eigenvalue weighted by Crippen LogP contribution is -1.72. The molecule has 10 heavy (non-hydrogen) atoms. The van der Waals surface area contributed by atoms with Crippen LogP contribution in [0.25, 0.3) is 11.5 Å². The molecular formula is C6H5BrN3-. The minimum atomic E-state index is 0.706. The lowest BCUT2D eigenvalue weighted by molar-refractivity contribution is 1.25. The van der Waals surface area contributed by atoms with Crippen molar-refractivity contribution in [3.8, 4) is 0 Å². The number of hydrogen-bond donors (Lipinski definition) is 1. The van der Waals surface area contributed by atoms with Crippen molar-refractivity contribution in [2.45, 2.75) is 0 Å². The first kappa shape index (κ1) is 7.21. The van der Waals surface area contributed by atoms with Gasteiger partial charge in [-0.2, -0.15) is 6.21 Å². The van der Waals surface area contributed by atoms with Crippen LogP contribution in [-0.2, 0) is 0 Å². The summed E-state index contributed by atoms with van der Waals surface area (Å²) in [6.07, 6.45) is 5.75. The SMILES string of the molecule is [N-]=C/C=C\c1ncc(Br)[nH]1. The van der Waals surface area contributed by atoms with Gasteiger partial charge in [-0.25, -0.2) is 4.98 Å². The second-order valence-corrected chi connectivity index (χ2v) is 2.48. The van der Waals surface area contributed by atoms with Crippen molar-refractivity contribution < 1.29 is 0 Å². The minimum absolute atomic E-state index is 0.706. The maximum Gasteiger partial charge on any atom is 0.130 e. The van der Waals surface area contributed by atoms with E-state index in [0.29, 0.717) is 5.82 Å². The molecule has 1 aromatic heterocycles. The monoisotopic (exact) mass is 198 g/mol. The number of halogens is 1. The Morgan fingerprint density at radius 3 is 3.00 bits per heavy atom. The number of nitrogens with zero attached hydrogens (tertiary/aromatic N) is 2. The van der Waals surface area contributed by atoms with Crippen LogP contribution in [-0.4, -0.2) is 16.2 Å². The number of aromatic nitrogens is 2. The van der Waals surface area contributed by atoms with Crippen molar-refractivity contribution in [3.63, 3.8) is 0 Å². The molecule has 0 aliphatic rings. The average Bonchev–Trinajstić information content (AvgIpc) is 2.31. The van der Waals surface area contributed by atoms with Crippen LogP contribution in [0.5, 0.6) is 0 Å². The quantitative estimate of drug-likeness (QED) is 0.725. The average molecular weight is 199 g/mol. The van der Waals surface area contributed by atoms with Gasteiger partial charge in [0, 0.05) is 0 Å². The van der Waals surface area contributed by atoms with E-state index >= 15 is 0 Å². The molecule has 0 atom stereocenters. The summed E-state index contributed by atoms with van der Waals surface area (Å²) < 4.78 is 0.824. The standard InChI is InChI=1S/C6H5BrN3/c7-5-4-9-6(10-5)2-1-3-8/h1-4H,(H,9,10)/q-1/b2-1-. The zero-order valence-electron chi connectivity index (χ0n) is 5.08. The molecule has 1 rings (SSSR count). The van der Waals surface area contributed by atoms with E-state index in [0.717, 1.165) is 10.8 Å². The number of allylic oxidation sites excluding steroid dienone is 1. The van der Waals surface area contributed by atoms with Gasteiger partial charge in [-0.1, -0.05) is 6.08 Å². The molecule has 0 fully saturated rings. The third-order valence-electron chi connectivity index (χ3n) is 0.905. The van der Waals surface area contributed by atoms with E-state index in [1.807, 2.05) is 0 Å². The molecule has 4 heteroatoms. The molecule has 0 aromatic carbocycles. The highest BCUT2D eigenvalue weighted by molar-refractivity contribution is 9.10. The molecule has 1 aromatic rings. The van der Waals surface area contributed by atoms with Crippen LogP contribution in [0, 0.1) is 0 Å². The Morgan fingerprint density at radius 2 is 2.50 bits per heavy atom. The first-order valence-electron chi connectivity index (χ1n) is 2.67. The maximum atomic E-state index is 8.27. The first-order chi connectivity index (χ1) is 4.83. The fourth-order valence-corrected chi connectivity index (χ4v) is 0.837. The zero-order valence-corrected chi connectivity index (χ0v) is 6.67. The van der Waals surface area contributed by atoms with Crippen molar-refractivity contribution in [2.75, 3.05) is 0 Å². The number of imidazole rings is 1. The zero-order chi connectivity index (χ0) is 7.40. The molecule has 0 bridgehead atoms. The van der Waals surface area contributed by atoms with Gasteiger partial charge in [0.2, 0.25) is 0 Å². The Balaban J connectivity index is 2.75. The summed E-state index contributed by atoms with van der Waals surface area (Å²) in [5.74, 6) is 0.706. The minimum Gasteiger partial charge on any atom is -0.811 e. The number of H-pyrrole nitrogens is 1. The predicted molar refractivity (Wildman–Crippen MR) is 44.7 cm³/mol. The van der Waals surface area contributed by atoms with Gasteiger partial charge in [0.05, 0.1) is 6.20 Å². The van der Waals surface area contributed by atoms with Gasteiger partial charge in [-0.15, -0.1) is 0 Å². The first-order valence-corrected chi connectivity index (χ1v) is 3.47. The second-order valence-electron chi connectivity index (χ2n) is 1.62. The molecule has 0 radical (unpaired) electrons. The van der Waals surface area contributed by atoms with Crippen LogP contribution in [0.3, 0.4) is 0 Å². The normalized spacial score (nSPS) is 10.5. The van der Waals surface area contributed by atoms with Crippen LogP contribution < -0.4 is 0 Å². The lowest BCUT2D eigenvalue weighted by Gasteiger charge is -1.81. The highest BCUT2D eigenvalue weighted by Crippen LogP contribution is 2.05. The molecule has 0 aliphatic heterocycles. The van der Waals surface area contributed by atoms with E-state index in [-0.39, 0.29) is 0 Å². The van der Waals surface area contributed by atoms with E-state index in [1.165, 1.54) is 6.08 Å². The van der Waals surface area contributed by atoms with E-state index in [9.17, 15) is 0 Å². The Bertz CT molecular complexity index is 251. The van der Waals surface area contributed by atoms with Crippen LogP contribution in [0.15, 0.2) is 16.9 Å².